The summed E-state index contributed by atoms with van der Waals surface area (Å²) < 4.78 is 7.59. The van der Waals surface area contributed by atoms with E-state index in [1.807, 2.05) is 50.5 Å². The molecular weight excluding hydrogens is 226 g/mol. The second-order valence-electron chi connectivity index (χ2n) is 4.06. The summed E-state index contributed by atoms with van der Waals surface area (Å²) in [5.41, 5.74) is 1.08. The molecule has 0 radical (unpaired) electrons. The van der Waals surface area contributed by atoms with E-state index < -0.39 is 0 Å². The van der Waals surface area contributed by atoms with Crippen LogP contribution in [0.1, 0.15) is 12.7 Å². The van der Waals surface area contributed by atoms with Crippen LogP contribution in [-0.4, -0.2) is 22.7 Å². The van der Waals surface area contributed by atoms with Crippen LogP contribution in [0.3, 0.4) is 0 Å². The van der Waals surface area contributed by atoms with Crippen molar-refractivity contribution in [2.24, 2.45) is 0 Å². The summed E-state index contributed by atoms with van der Waals surface area (Å²) in [7, 11) is 0. The van der Waals surface area contributed by atoms with Gasteiger partial charge < -0.3 is 14.6 Å². The maximum absolute atomic E-state index is 5.46. The molecule has 0 bridgehead atoms. The molecule has 4 heteroatoms. The number of aromatic nitrogens is 2. The smallest absolute Gasteiger partial charge is 0.121 e. The first-order valence-corrected chi connectivity index (χ1v) is 6.24. The monoisotopic (exact) mass is 245 g/mol. The van der Waals surface area contributed by atoms with E-state index >= 15 is 0 Å². The maximum atomic E-state index is 5.46. The van der Waals surface area contributed by atoms with Gasteiger partial charge in [-0.05, 0) is 26.0 Å². The standard InChI is InChI=1S/C14H19N3O/c1-3-18-14-6-4-5-13(11-14)16-8-10-17-9-7-15-12(17)2/h4-7,9,11,16H,3,8,10H2,1-2H3. The quantitative estimate of drug-likeness (QED) is 0.850. The number of anilines is 1. The molecule has 0 aliphatic carbocycles. The molecule has 0 saturated carbocycles. The van der Waals surface area contributed by atoms with Crippen molar-refractivity contribution in [1.29, 1.82) is 0 Å². The molecule has 1 N–H and O–H groups in total. The fourth-order valence-electron chi connectivity index (χ4n) is 1.82. The molecule has 0 unspecified atom stereocenters. The summed E-state index contributed by atoms with van der Waals surface area (Å²) in [5.74, 6) is 1.95. The van der Waals surface area contributed by atoms with Crippen LogP contribution in [-0.2, 0) is 6.54 Å². The number of imidazole rings is 1. The van der Waals surface area contributed by atoms with Crippen LogP contribution >= 0.6 is 0 Å². The molecule has 4 nitrogen and oxygen atoms in total. The van der Waals surface area contributed by atoms with Crippen molar-refractivity contribution in [2.75, 3.05) is 18.5 Å². The number of nitrogens with one attached hydrogen (secondary N) is 1. The van der Waals surface area contributed by atoms with Crippen molar-refractivity contribution in [3.8, 4) is 5.75 Å². The fourth-order valence-corrected chi connectivity index (χ4v) is 1.82. The second-order valence-corrected chi connectivity index (χ2v) is 4.06. The van der Waals surface area contributed by atoms with Crippen LogP contribution in [0.2, 0.25) is 0 Å². The van der Waals surface area contributed by atoms with E-state index in [2.05, 4.69) is 14.9 Å². The Morgan fingerprint density at radius 2 is 2.28 bits per heavy atom. The van der Waals surface area contributed by atoms with Gasteiger partial charge in [0.2, 0.25) is 0 Å². The van der Waals surface area contributed by atoms with Crippen LogP contribution in [0.4, 0.5) is 5.69 Å². The third-order valence-corrected chi connectivity index (χ3v) is 2.75. The molecule has 0 amide bonds. The normalized spacial score (nSPS) is 10.3. The Bertz CT molecular complexity index is 493. The molecule has 1 aromatic carbocycles. The first kappa shape index (κ1) is 12.5. The van der Waals surface area contributed by atoms with Gasteiger partial charge in [0, 0.05) is 37.2 Å². The van der Waals surface area contributed by atoms with Crippen molar-refractivity contribution in [2.45, 2.75) is 20.4 Å². The van der Waals surface area contributed by atoms with Gasteiger partial charge in [0.1, 0.15) is 11.6 Å². The maximum Gasteiger partial charge on any atom is 0.121 e. The lowest BCUT2D eigenvalue weighted by molar-refractivity contribution is 0.340. The lowest BCUT2D eigenvalue weighted by Crippen LogP contribution is -2.11. The predicted molar refractivity (Wildman–Crippen MR) is 73.1 cm³/mol. The van der Waals surface area contributed by atoms with Gasteiger partial charge >= 0.3 is 0 Å². The molecule has 0 fully saturated rings. The summed E-state index contributed by atoms with van der Waals surface area (Å²) >= 11 is 0. The van der Waals surface area contributed by atoms with E-state index in [9.17, 15) is 0 Å². The van der Waals surface area contributed by atoms with Crippen LogP contribution in [0.25, 0.3) is 0 Å². The number of benzene rings is 1. The van der Waals surface area contributed by atoms with Crippen LogP contribution in [0, 0.1) is 6.92 Å². The Hall–Kier alpha value is -1.97. The topological polar surface area (TPSA) is 39.1 Å². The minimum Gasteiger partial charge on any atom is -0.494 e. The number of aryl methyl sites for hydroxylation is 1. The molecule has 2 aromatic rings. The molecule has 1 aromatic heterocycles. The molecular formula is C14H19N3O. The number of hydrogen-bond acceptors (Lipinski definition) is 3. The summed E-state index contributed by atoms with van der Waals surface area (Å²) in [6.45, 7) is 6.47. The Kier molecular flexibility index (Phi) is 4.23. The number of nitrogens with zero attached hydrogens (tertiary/aromatic N) is 2. The summed E-state index contributed by atoms with van der Waals surface area (Å²) in [6, 6.07) is 8.03. The molecule has 0 atom stereocenters. The van der Waals surface area contributed by atoms with Crippen LogP contribution in [0.15, 0.2) is 36.7 Å². The van der Waals surface area contributed by atoms with Gasteiger partial charge in [0.15, 0.2) is 0 Å². The first-order valence-electron chi connectivity index (χ1n) is 6.24. The zero-order valence-electron chi connectivity index (χ0n) is 10.9. The summed E-state index contributed by atoms with van der Waals surface area (Å²) in [4.78, 5) is 4.20. The molecule has 2 rings (SSSR count). The van der Waals surface area contributed by atoms with Gasteiger partial charge in [-0.2, -0.15) is 0 Å². The Morgan fingerprint density at radius 3 is 3.00 bits per heavy atom. The number of rotatable bonds is 6. The summed E-state index contributed by atoms with van der Waals surface area (Å²) in [5, 5.41) is 3.38. The third kappa shape index (κ3) is 3.26. The van der Waals surface area contributed by atoms with Crippen molar-refractivity contribution in [3.63, 3.8) is 0 Å². The Labute approximate surface area is 108 Å². The highest BCUT2D eigenvalue weighted by Gasteiger charge is 1.98. The minimum atomic E-state index is 0.692. The van der Waals surface area contributed by atoms with E-state index in [-0.39, 0.29) is 0 Å². The highest BCUT2D eigenvalue weighted by Crippen LogP contribution is 2.16. The van der Waals surface area contributed by atoms with Crippen LogP contribution < -0.4 is 10.1 Å². The SMILES string of the molecule is CCOc1cccc(NCCn2ccnc2C)c1. The average molecular weight is 245 g/mol. The van der Waals surface area contributed by atoms with E-state index in [0.717, 1.165) is 30.4 Å². The van der Waals surface area contributed by atoms with Crippen molar-refractivity contribution >= 4 is 5.69 Å². The van der Waals surface area contributed by atoms with E-state index in [1.54, 1.807) is 0 Å². The number of ether oxygens (including phenoxy) is 1. The Morgan fingerprint density at radius 1 is 1.39 bits per heavy atom. The molecule has 96 valence electrons. The zero-order valence-corrected chi connectivity index (χ0v) is 10.9. The van der Waals surface area contributed by atoms with E-state index in [4.69, 9.17) is 4.74 Å². The van der Waals surface area contributed by atoms with Crippen molar-refractivity contribution < 1.29 is 4.74 Å². The largest absolute Gasteiger partial charge is 0.494 e. The van der Waals surface area contributed by atoms with E-state index in [1.165, 1.54) is 0 Å². The lowest BCUT2D eigenvalue weighted by atomic mass is 10.3. The predicted octanol–water partition coefficient (Wildman–Crippen LogP) is 2.70. The molecule has 0 aliphatic heterocycles. The summed E-state index contributed by atoms with van der Waals surface area (Å²) in [6.07, 6.45) is 3.82. The Balaban J connectivity index is 1.86. The van der Waals surface area contributed by atoms with Crippen molar-refractivity contribution in [1.82, 2.24) is 9.55 Å². The van der Waals surface area contributed by atoms with Gasteiger partial charge in [-0.3, -0.25) is 0 Å². The number of hydrogen-bond donors (Lipinski definition) is 1. The van der Waals surface area contributed by atoms with Gasteiger partial charge in [-0.15, -0.1) is 0 Å². The van der Waals surface area contributed by atoms with Crippen molar-refractivity contribution in [3.05, 3.63) is 42.5 Å². The van der Waals surface area contributed by atoms with Gasteiger partial charge in [0.05, 0.1) is 6.61 Å². The first-order chi connectivity index (χ1) is 8.79. The van der Waals surface area contributed by atoms with Crippen LogP contribution in [0.5, 0.6) is 5.75 Å². The molecule has 18 heavy (non-hydrogen) atoms. The van der Waals surface area contributed by atoms with Gasteiger partial charge in [0.25, 0.3) is 0 Å². The third-order valence-electron chi connectivity index (χ3n) is 2.75. The molecule has 0 spiro atoms. The second kappa shape index (κ2) is 6.10. The zero-order chi connectivity index (χ0) is 12.8. The molecule has 0 saturated heterocycles. The minimum absolute atomic E-state index is 0.692. The van der Waals surface area contributed by atoms with E-state index in [0.29, 0.717) is 6.61 Å². The molecule has 0 aliphatic rings. The highest BCUT2D eigenvalue weighted by atomic mass is 16.5. The van der Waals surface area contributed by atoms with Gasteiger partial charge in [-0.25, -0.2) is 4.98 Å². The fraction of sp³-hybridized carbons (Fsp3) is 0.357. The lowest BCUT2D eigenvalue weighted by Gasteiger charge is -2.10. The molecule has 1 heterocycles. The highest BCUT2D eigenvalue weighted by molar-refractivity contribution is 5.48. The van der Waals surface area contributed by atoms with Gasteiger partial charge in [-0.1, -0.05) is 6.07 Å². The average Bonchev–Trinajstić information content (AvgIpc) is 2.76.